The highest BCUT2D eigenvalue weighted by molar-refractivity contribution is 7.15. The first kappa shape index (κ1) is 14.2. The summed E-state index contributed by atoms with van der Waals surface area (Å²) in [6, 6.07) is 0.0447. The van der Waals surface area contributed by atoms with E-state index in [0.717, 1.165) is 30.9 Å². The highest BCUT2D eigenvalue weighted by atomic mass is 32.1. The lowest BCUT2D eigenvalue weighted by Crippen LogP contribution is -2.43. The van der Waals surface area contributed by atoms with Crippen LogP contribution in [0.15, 0.2) is 0 Å². The maximum atomic E-state index is 12.5. The number of rotatable bonds is 5. The van der Waals surface area contributed by atoms with Gasteiger partial charge in [-0.2, -0.15) is 0 Å². The van der Waals surface area contributed by atoms with Crippen molar-refractivity contribution >= 4 is 22.5 Å². The van der Waals surface area contributed by atoms with Crippen LogP contribution in [-0.4, -0.2) is 59.4 Å². The summed E-state index contributed by atoms with van der Waals surface area (Å²) in [5.74, 6) is 0. The third-order valence-electron chi connectivity index (χ3n) is 3.26. The average molecular weight is 283 g/mol. The quantitative estimate of drug-likeness (QED) is 0.826. The Balaban J connectivity index is 2.21. The van der Waals surface area contributed by atoms with E-state index in [4.69, 9.17) is 0 Å². The van der Waals surface area contributed by atoms with E-state index in [0.29, 0.717) is 5.13 Å². The molecule has 0 aromatic carbocycles. The molecule has 1 fully saturated rings. The lowest BCUT2D eigenvalue weighted by molar-refractivity contribution is 0.218. The third kappa shape index (κ3) is 2.87. The molecular weight excluding hydrogens is 262 g/mol. The molecule has 2 rings (SSSR count). The molecule has 2 heterocycles. The van der Waals surface area contributed by atoms with E-state index in [1.54, 1.807) is 4.90 Å². The van der Waals surface area contributed by atoms with Crippen LogP contribution >= 0.6 is 11.3 Å². The second-order valence-electron chi connectivity index (χ2n) is 5.00. The number of amides is 2. The average Bonchev–Trinajstić information content (AvgIpc) is 2.91. The fraction of sp³-hybridized carbons (Fsp3) is 0.750. The Bertz CT molecular complexity index is 447. The van der Waals surface area contributed by atoms with Gasteiger partial charge in [-0.25, -0.2) is 9.69 Å². The smallest absolute Gasteiger partial charge is 0.321 e. The van der Waals surface area contributed by atoms with Gasteiger partial charge in [-0.15, -0.1) is 10.2 Å². The summed E-state index contributed by atoms with van der Waals surface area (Å²) in [5.41, 5.74) is 0. The Morgan fingerprint density at radius 3 is 2.68 bits per heavy atom. The molecule has 6 nitrogen and oxygen atoms in total. The molecule has 19 heavy (non-hydrogen) atoms. The number of likely N-dealkylation sites (N-methyl/N-ethyl adjacent to an activating group) is 1. The lowest BCUT2D eigenvalue weighted by atomic mass is 10.3. The Morgan fingerprint density at radius 2 is 2.16 bits per heavy atom. The van der Waals surface area contributed by atoms with E-state index in [2.05, 4.69) is 22.0 Å². The van der Waals surface area contributed by atoms with Crippen molar-refractivity contribution in [1.29, 1.82) is 0 Å². The molecule has 1 saturated heterocycles. The number of aromatic nitrogens is 2. The Kier molecular flexibility index (Phi) is 4.36. The van der Waals surface area contributed by atoms with Gasteiger partial charge in [0.2, 0.25) is 5.13 Å². The van der Waals surface area contributed by atoms with Crippen LogP contribution in [0.25, 0.3) is 0 Å². The van der Waals surface area contributed by atoms with E-state index in [1.807, 2.05) is 25.9 Å². The SMILES string of the molecule is CCCCN1CC(N(C)C)N(c2nnc(C)s2)C1=O. The van der Waals surface area contributed by atoms with E-state index < -0.39 is 0 Å². The van der Waals surface area contributed by atoms with Gasteiger partial charge in [0, 0.05) is 6.54 Å². The lowest BCUT2D eigenvalue weighted by Gasteiger charge is -2.25. The second-order valence-corrected chi connectivity index (χ2v) is 6.16. The van der Waals surface area contributed by atoms with Crippen LogP contribution in [0.4, 0.5) is 9.93 Å². The van der Waals surface area contributed by atoms with Gasteiger partial charge < -0.3 is 4.90 Å². The van der Waals surface area contributed by atoms with Crippen LogP contribution in [0, 0.1) is 6.92 Å². The van der Waals surface area contributed by atoms with Crippen molar-refractivity contribution in [2.75, 3.05) is 32.1 Å². The maximum absolute atomic E-state index is 12.5. The van der Waals surface area contributed by atoms with Crippen LogP contribution in [0.1, 0.15) is 24.8 Å². The maximum Gasteiger partial charge on any atom is 0.327 e. The van der Waals surface area contributed by atoms with Crippen molar-refractivity contribution in [2.24, 2.45) is 0 Å². The molecule has 0 saturated carbocycles. The standard InChI is InChI=1S/C12H21N5OS/c1-5-6-7-16-8-10(15(3)4)17(12(16)18)11-14-13-9(2)19-11/h10H,5-8H2,1-4H3. The summed E-state index contributed by atoms with van der Waals surface area (Å²) in [5, 5.41) is 9.71. The molecule has 1 aromatic heterocycles. The van der Waals surface area contributed by atoms with Gasteiger partial charge >= 0.3 is 6.03 Å². The van der Waals surface area contributed by atoms with Gasteiger partial charge in [-0.3, -0.25) is 4.90 Å². The van der Waals surface area contributed by atoms with Crippen LogP contribution in [0.5, 0.6) is 0 Å². The van der Waals surface area contributed by atoms with Crippen LogP contribution < -0.4 is 4.90 Å². The monoisotopic (exact) mass is 283 g/mol. The number of aryl methyl sites for hydroxylation is 1. The first-order chi connectivity index (χ1) is 9.04. The molecule has 0 radical (unpaired) electrons. The zero-order valence-electron chi connectivity index (χ0n) is 12.0. The molecule has 106 valence electrons. The molecule has 1 aromatic rings. The predicted molar refractivity (Wildman–Crippen MR) is 76.5 cm³/mol. The summed E-state index contributed by atoms with van der Waals surface area (Å²) < 4.78 is 0. The zero-order valence-corrected chi connectivity index (χ0v) is 12.8. The van der Waals surface area contributed by atoms with Gasteiger partial charge in [-0.1, -0.05) is 24.7 Å². The molecule has 2 amide bonds. The van der Waals surface area contributed by atoms with Crippen molar-refractivity contribution in [1.82, 2.24) is 20.0 Å². The number of carbonyl (C=O) groups excluding carboxylic acids is 1. The molecule has 1 aliphatic heterocycles. The van der Waals surface area contributed by atoms with E-state index in [-0.39, 0.29) is 12.2 Å². The first-order valence-electron chi connectivity index (χ1n) is 6.59. The predicted octanol–water partition coefficient (Wildman–Crippen LogP) is 1.78. The van der Waals surface area contributed by atoms with Crippen LogP contribution in [-0.2, 0) is 0 Å². The number of urea groups is 1. The van der Waals surface area contributed by atoms with Crippen molar-refractivity contribution in [2.45, 2.75) is 32.9 Å². The van der Waals surface area contributed by atoms with Crippen molar-refractivity contribution in [3.05, 3.63) is 5.01 Å². The highest BCUT2D eigenvalue weighted by Crippen LogP contribution is 2.28. The first-order valence-corrected chi connectivity index (χ1v) is 7.41. The third-order valence-corrected chi connectivity index (χ3v) is 4.10. The van der Waals surface area contributed by atoms with E-state index in [1.165, 1.54) is 11.3 Å². The normalized spacial score (nSPS) is 19.8. The van der Waals surface area contributed by atoms with E-state index in [9.17, 15) is 4.79 Å². The Hall–Kier alpha value is -1.21. The topological polar surface area (TPSA) is 52.6 Å². The number of carbonyl (C=O) groups is 1. The number of hydrogen-bond donors (Lipinski definition) is 0. The van der Waals surface area contributed by atoms with Crippen LogP contribution in [0.2, 0.25) is 0 Å². The van der Waals surface area contributed by atoms with Gasteiger partial charge in [0.1, 0.15) is 11.2 Å². The summed E-state index contributed by atoms with van der Waals surface area (Å²) in [6.07, 6.45) is 2.17. The minimum atomic E-state index is 0.0386. The summed E-state index contributed by atoms with van der Waals surface area (Å²) >= 11 is 1.47. The molecule has 0 aliphatic carbocycles. The molecule has 7 heteroatoms. The molecular formula is C12H21N5OS. The Labute approximate surface area is 118 Å². The number of hydrogen-bond acceptors (Lipinski definition) is 5. The summed E-state index contributed by atoms with van der Waals surface area (Å²) in [7, 11) is 3.98. The number of nitrogens with zero attached hydrogens (tertiary/aromatic N) is 5. The molecule has 1 unspecified atom stereocenters. The number of unbranched alkanes of at least 4 members (excludes halogenated alkanes) is 1. The van der Waals surface area contributed by atoms with Gasteiger partial charge in [0.25, 0.3) is 0 Å². The molecule has 0 bridgehead atoms. The summed E-state index contributed by atoms with van der Waals surface area (Å²) in [6.45, 7) is 5.58. The van der Waals surface area contributed by atoms with Gasteiger partial charge in [0.05, 0.1) is 6.54 Å². The van der Waals surface area contributed by atoms with Crippen LogP contribution in [0.3, 0.4) is 0 Å². The highest BCUT2D eigenvalue weighted by Gasteiger charge is 2.40. The Morgan fingerprint density at radius 1 is 1.42 bits per heavy atom. The minimum Gasteiger partial charge on any atom is -0.321 e. The van der Waals surface area contributed by atoms with Gasteiger partial charge in [0.15, 0.2) is 0 Å². The molecule has 1 atom stereocenters. The van der Waals surface area contributed by atoms with Gasteiger partial charge in [-0.05, 0) is 27.4 Å². The van der Waals surface area contributed by atoms with Crippen molar-refractivity contribution in [3.8, 4) is 0 Å². The van der Waals surface area contributed by atoms with E-state index >= 15 is 0 Å². The fourth-order valence-corrected chi connectivity index (χ4v) is 2.89. The largest absolute Gasteiger partial charge is 0.327 e. The zero-order chi connectivity index (χ0) is 14.0. The van der Waals surface area contributed by atoms with Crippen molar-refractivity contribution in [3.63, 3.8) is 0 Å². The van der Waals surface area contributed by atoms with Crippen molar-refractivity contribution < 1.29 is 4.79 Å². The second kappa shape index (κ2) is 5.83. The summed E-state index contributed by atoms with van der Waals surface area (Å²) in [4.78, 5) is 18.2. The molecule has 0 N–H and O–H groups in total. The minimum absolute atomic E-state index is 0.0386. The molecule has 0 spiro atoms. The molecule has 1 aliphatic rings. The fourth-order valence-electron chi connectivity index (χ4n) is 2.16. The number of anilines is 1.